The second-order valence-electron chi connectivity index (χ2n) is 7.36. The van der Waals surface area contributed by atoms with E-state index in [4.69, 9.17) is 25.8 Å². The van der Waals surface area contributed by atoms with Gasteiger partial charge in [-0.3, -0.25) is 4.79 Å². The van der Waals surface area contributed by atoms with Gasteiger partial charge in [0, 0.05) is 17.5 Å². The largest absolute Gasteiger partial charge is 0.466 e. The molecule has 3 aromatic carbocycles. The first-order valence-electron chi connectivity index (χ1n) is 10.3. The smallest absolute Gasteiger partial charge is 0.416 e. The monoisotopic (exact) mass is 556 g/mol. The minimum Gasteiger partial charge on any atom is -0.466 e. The number of carbonyl (C=O) groups excluding carboxylic acids is 1. The highest BCUT2D eigenvalue weighted by Crippen LogP contribution is 2.38. The van der Waals surface area contributed by atoms with Gasteiger partial charge in [0.1, 0.15) is 23.0 Å². The number of rotatable bonds is 8. The van der Waals surface area contributed by atoms with Gasteiger partial charge < -0.3 is 14.2 Å². The lowest BCUT2D eigenvalue weighted by atomic mass is 10.0. The first kappa shape index (κ1) is 25.9. The van der Waals surface area contributed by atoms with Gasteiger partial charge >= 0.3 is 12.1 Å². The number of hydrogen-bond donors (Lipinski definition) is 0. The van der Waals surface area contributed by atoms with E-state index >= 15 is 0 Å². The number of benzene rings is 3. The maximum atomic E-state index is 12.9. The molecule has 0 unspecified atom stereocenters. The SMILES string of the molecule is CCOC(=O)CCc1ccc(Oc2cc(Cl)cc(Oc3ccc(C(F)(F)F)cc3Br)c2)cc1C. The molecule has 0 radical (unpaired) electrons. The fraction of sp³-hybridized carbons (Fsp3) is 0.240. The second kappa shape index (κ2) is 11.1. The number of aryl methyl sites for hydroxylation is 2. The Kier molecular flexibility index (Phi) is 8.49. The standard InChI is InChI=1S/C25H21BrClF3O4/c1-3-32-24(31)9-5-16-4-7-19(10-15(16)2)33-20-12-18(27)13-21(14-20)34-23-8-6-17(11-22(23)26)25(28,29)30/h4,6-8,10-14H,3,5,9H2,1-2H3. The van der Waals surface area contributed by atoms with Gasteiger partial charge in [-0.15, -0.1) is 0 Å². The Morgan fingerprint density at radius 2 is 1.68 bits per heavy atom. The van der Waals surface area contributed by atoms with Crippen LogP contribution in [0, 0.1) is 6.92 Å². The topological polar surface area (TPSA) is 44.8 Å². The molecule has 3 rings (SSSR count). The van der Waals surface area contributed by atoms with Crippen LogP contribution in [0.5, 0.6) is 23.0 Å². The van der Waals surface area contributed by atoms with Crippen molar-refractivity contribution >= 4 is 33.5 Å². The van der Waals surface area contributed by atoms with Crippen molar-refractivity contribution in [3.8, 4) is 23.0 Å². The van der Waals surface area contributed by atoms with E-state index in [-0.39, 0.29) is 16.2 Å². The van der Waals surface area contributed by atoms with Crippen molar-refractivity contribution in [3.63, 3.8) is 0 Å². The lowest BCUT2D eigenvalue weighted by Crippen LogP contribution is -2.05. The molecule has 0 spiro atoms. The molecule has 0 amide bonds. The zero-order chi connectivity index (χ0) is 24.9. The van der Waals surface area contributed by atoms with Crippen LogP contribution in [0.15, 0.2) is 59.1 Å². The Labute approximate surface area is 208 Å². The van der Waals surface area contributed by atoms with Crippen LogP contribution < -0.4 is 9.47 Å². The third kappa shape index (κ3) is 7.14. The van der Waals surface area contributed by atoms with Gasteiger partial charge in [0.2, 0.25) is 0 Å². The first-order chi connectivity index (χ1) is 16.0. The minimum atomic E-state index is -4.45. The van der Waals surface area contributed by atoms with Crippen LogP contribution in [0.4, 0.5) is 13.2 Å². The Hall–Kier alpha value is -2.71. The Bertz CT molecular complexity index is 1180. The van der Waals surface area contributed by atoms with Crippen molar-refractivity contribution < 1.29 is 32.2 Å². The van der Waals surface area contributed by atoms with Crippen molar-refractivity contribution in [2.45, 2.75) is 32.9 Å². The molecule has 0 heterocycles. The summed E-state index contributed by atoms with van der Waals surface area (Å²) in [5.41, 5.74) is 1.17. The molecule has 0 atom stereocenters. The van der Waals surface area contributed by atoms with E-state index in [1.165, 1.54) is 12.1 Å². The summed E-state index contributed by atoms with van der Waals surface area (Å²) in [6.07, 6.45) is -3.60. The summed E-state index contributed by atoms with van der Waals surface area (Å²) in [7, 11) is 0. The summed E-state index contributed by atoms with van der Waals surface area (Å²) in [6.45, 7) is 4.04. The van der Waals surface area contributed by atoms with Gasteiger partial charge in [-0.05, 0) is 89.8 Å². The average molecular weight is 558 g/mol. The van der Waals surface area contributed by atoms with Gasteiger partial charge in [-0.1, -0.05) is 17.7 Å². The fourth-order valence-corrected chi connectivity index (χ4v) is 3.83. The maximum absolute atomic E-state index is 12.9. The number of carbonyl (C=O) groups is 1. The van der Waals surface area contributed by atoms with Crippen LogP contribution >= 0.6 is 27.5 Å². The zero-order valence-electron chi connectivity index (χ0n) is 18.3. The second-order valence-corrected chi connectivity index (χ2v) is 8.65. The molecule has 0 saturated heterocycles. The van der Waals surface area contributed by atoms with Crippen molar-refractivity contribution in [3.05, 3.63) is 80.8 Å². The summed E-state index contributed by atoms with van der Waals surface area (Å²) in [5, 5.41) is 0.332. The molecule has 0 aliphatic rings. The lowest BCUT2D eigenvalue weighted by Gasteiger charge is -2.13. The van der Waals surface area contributed by atoms with E-state index in [1.807, 2.05) is 19.1 Å². The van der Waals surface area contributed by atoms with Crippen LogP contribution in [0.1, 0.15) is 30.0 Å². The number of hydrogen-bond acceptors (Lipinski definition) is 4. The van der Waals surface area contributed by atoms with Crippen LogP contribution in [-0.4, -0.2) is 12.6 Å². The molecular weight excluding hydrogens is 537 g/mol. The quantitative estimate of drug-likeness (QED) is 0.261. The fourth-order valence-electron chi connectivity index (χ4n) is 3.16. The van der Waals surface area contributed by atoms with Crippen molar-refractivity contribution in [1.82, 2.24) is 0 Å². The molecule has 34 heavy (non-hydrogen) atoms. The zero-order valence-corrected chi connectivity index (χ0v) is 20.7. The van der Waals surface area contributed by atoms with Gasteiger partial charge in [0.25, 0.3) is 0 Å². The van der Waals surface area contributed by atoms with Gasteiger partial charge in [-0.25, -0.2) is 0 Å². The van der Waals surface area contributed by atoms with Crippen LogP contribution in [0.2, 0.25) is 5.02 Å². The molecule has 3 aromatic rings. The normalized spacial score (nSPS) is 11.3. The van der Waals surface area contributed by atoms with E-state index in [1.54, 1.807) is 25.1 Å². The van der Waals surface area contributed by atoms with E-state index in [0.29, 0.717) is 41.7 Å². The van der Waals surface area contributed by atoms with E-state index in [0.717, 1.165) is 23.3 Å². The van der Waals surface area contributed by atoms with Crippen molar-refractivity contribution in [2.24, 2.45) is 0 Å². The Morgan fingerprint density at radius 1 is 0.971 bits per heavy atom. The number of esters is 1. The van der Waals surface area contributed by atoms with Gasteiger partial charge in [0.05, 0.1) is 16.6 Å². The van der Waals surface area contributed by atoms with Crippen molar-refractivity contribution in [1.29, 1.82) is 0 Å². The van der Waals surface area contributed by atoms with Crippen LogP contribution in [0.3, 0.4) is 0 Å². The molecule has 4 nitrogen and oxygen atoms in total. The minimum absolute atomic E-state index is 0.152. The van der Waals surface area contributed by atoms with E-state index < -0.39 is 11.7 Å². The highest BCUT2D eigenvalue weighted by molar-refractivity contribution is 9.10. The maximum Gasteiger partial charge on any atom is 0.416 e. The van der Waals surface area contributed by atoms with Crippen molar-refractivity contribution in [2.75, 3.05) is 6.61 Å². The molecule has 0 aromatic heterocycles. The summed E-state index contributed by atoms with van der Waals surface area (Å²) in [6, 6.07) is 13.3. The van der Waals surface area contributed by atoms with E-state index in [9.17, 15) is 18.0 Å². The third-order valence-electron chi connectivity index (χ3n) is 4.79. The van der Waals surface area contributed by atoms with E-state index in [2.05, 4.69) is 15.9 Å². The number of alkyl halides is 3. The molecule has 0 saturated carbocycles. The van der Waals surface area contributed by atoms with Crippen LogP contribution in [0.25, 0.3) is 0 Å². The predicted octanol–water partition coefficient (Wildman–Crippen LogP) is 8.51. The highest BCUT2D eigenvalue weighted by Gasteiger charge is 2.31. The summed E-state index contributed by atoms with van der Waals surface area (Å²) in [5.74, 6) is 1.20. The molecule has 0 aliphatic heterocycles. The van der Waals surface area contributed by atoms with Gasteiger partial charge in [-0.2, -0.15) is 13.2 Å². The highest BCUT2D eigenvalue weighted by atomic mass is 79.9. The molecule has 0 N–H and O–H groups in total. The third-order valence-corrected chi connectivity index (χ3v) is 5.62. The van der Waals surface area contributed by atoms with Gasteiger partial charge in [0.15, 0.2) is 0 Å². The molecule has 0 bridgehead atoms. The molecule has 0 fully saturated rings. The van der Waals surface area contributed by atoms with Crippen LogP contribution in [-0.2, 0) is 22.1 Å². The Balaban J connectivity index is 1.73. The lowest BCUT2D eigenvalue weighted by molar-refractivity contribution is -0.143. The molecular formula is C25H21BrClF3O4. The first-order valence-corrected chi connectivity index (χ1v) is 11.5. The summed E-state index contributed by atoms with van der Waals surface area (Å²) < 4.78 is 55.4. The predicted molar refractivity (Wildman–Crippen MR) is 127 cm³/mol. The number of halogens is 5. The Morgan fingerprint density at radius 3 is 2.29 bits per heavy atom. The molecule has 0 aliphatic carbocycles. The average Bonchev–Trinajstić information content (AvgIpc) is 2.73. The molecule has 180 valence electrons. The molecule has 9 heteroatoms. The summed E-state index contributed by atoms with van der Waals surface area (Å²) in [4.78, 5) is 11.6. The number of ether oxygens (including phenoxy) is 3. The summed E-state index contributed by atoms with van der Waals surface area (Å²) >= 11 is 9.31.